The minimum Gasteiger partial charge on any atom is -0.366 e. The highest BCUT2D eigenvalue weighted by Gasteiger charge is 2.36. The second kappa shape index (κ2) is 9.15. The molecular formula is C26H29ClFN3OS. The highest BCUT2D eigenvalue weighted by molar-refractivity contribution is 8.18. The fourth-order valence-corrected chi connectivity index (χ4v) is 5.72. The van der Waals surface area contributed by atoms with Gasteiger partial charge in [-0.05, 0) is 92.8 Å². The smallest absolute Gasteiger partial charge is 0.264 e. The highest BCUT2D eigenvalue weighted by Crippen LogP contribution is 2.44. The summed E-state index contributed by atoms with van der Waals surface area (Å²) in [4.78, 5) is 19.8. The van der Waals surface area contributed by atoms with Gasteiger partial charge in [0.25, 0.3) is 5.91 Å². The summed E-state index contributed by atoms with van der Waals surface area (Å²) in [5.74, 6) is -0.303. The Hall–Kier alpha value is -2.31. The van der Waals surface area contributed by atoms with Gasteiger partial charge >= 0.3 is 0 Å². The molecule has 1 saturated heterocycles. The molecule has 2 aliphatic heterocycles. The zero-order valence-corrected chi connectivity index (χ0v) is 21.2. The Labute approximate surface area is 204 Å². The molecule has 4 nitrogen and oxygen atoms in total. The molecule has 1 N–H and O–H groups in total. The molecule has 1 amide bonds. The van der Waals surface area contributed by atoms with Crippen molar-refractivity contribution in [2.45, 2.75) is 58.9 Å². The van der Waals surface area contributed by atoms with Gasteiger partial charge in [-0.1, -0.05) is 31.5 Å². The van der Waals surface area contributed by atoms with Crippen LogP contribution in [0.4, 0.5) is 15.8 Å². The van der Waals surface area contributed by atoms with Gasteiger partial charge in [0, 0.05) is 28.4 Å². The van der Waals surface area contributed by atoms with Crippen LogP contribution in [0.5, 0.6) is 0 Å². The van der Waals surface area contributed by atoms with Crippen LogP contribution in [-0.4, -0.2) is 23.2 Å². The maximum atomic E-state index is 15.2. The van der Waals surface area contributed by atoms with Gasteiger partial charge in [-0.3, -0.25) is 4.79 Å². The highest BCUT2D eigenvalue weighted by atomic mass is 35.5. The third kappa shape index (κ3) is 4.69. The van der Waals surface area contributed by atoms with E-state index in [0.29, 0.717) is 32.3 Å². The minimum absolute atomic E-state index is 0.0279. The van der Waals surface area contributed by atoms with Crippen molar-refractivity contribution in [2.75, 3.05) is 11.4 Å². The van der Waals surface area contributed by atoms with Crippen LogP contribution in [0.25, 0.3) is 6.08 Å². The zero-order valence-electron chi connectivity index (χ0n) is 19.6. The molecule has 0 saturated carbocycles. The maximum absolute atomic E-state index is 15.2. The molecule has 2 aromatic carbocycles. The first-order valence-corrected chi connectivity index (χ1v) is 12.5. The van der Waals surface area contributed by atoms with E-state index in [4.69, 9.17) is 11.6 Å². The minimum atomic E-state index is -0.322. The van der Waals surface area contributed by atoms with E-state index < -0.39 is 0 Å². The van der Waals surface area contributed by atoms with Crippen LogP contribution in [0.1, 0.15) is 63.1 Å². The molecular weight excluding hydrogens is 457 g/mol. The Morgan fingerprint density at radius 1 is 1.36 bits per heavy atom. The number of benzene rings is 2. The Morgan fingerprint density at radius 2 is 2.12 bits per heavy atom. The number of hydrogen-bond donors (Lipinski definition) is 1. The third-order valence-electron chi connectivity index (χ3n) is 6.35. The predicted molar refractivity (Wildman–Crippen MR) is 138 cm³/mol. The number of nitrogens with one attached hydrogen (secondary N) is 1. The van der Waals surface area contributed by atoms with Crippen molar-refractivity contribution in [3.63, 3.8) is 0 Å². The number of hydrogen-bond acceptors (Lipinski definition) is 4. The molecule has 1 atom stereocenters. The summed E-state index contributed by atoms with van der Waals surface area (Å²) in [6.07, 6.45) is 3.61. The molecule has 33 heavy (non-hydrogen) atoms. The van der Waals surface area contributed by atoms with Gasteiger partial charge in [-0.15, -0.1) is 0 Å². The first-order valence-electron chi connectivity index (χ1n) is 11.3. The quantitative estimate of drug-likeness (QED) is 0.466. The van der Waals surface area contributed by atoms with Crippen LogP contribution < -0.4 is 10.2 Å². The van der Waals surface area contributed by atoms with Crippen molar-refractivity contribution in [1.29, 1.82) is 0 Å². The van der Waals surface area contributed by atoms with Gasteiger partial charge in [0.05, 0.1) is 10.6 Å². The number of amidine groups is 1. The van der Waals surface area contributed by atoms with E-state index in [1.165, 1.54) is 11.8 Å². The summed E-state index contributed by atoms with van der Waals surface area (Å²) >= 11 is 7.39. The van der Waals surface area contributed by atoms with Crippen molar-refractivity contribution in [3.05, 3.63) is 62.8 Å². The lowest BCUT2D eigenvalue weighted by Crippen LogP contribution is -2.48. The maximum Gasteiger partial charge on any atom is 0.264 e. The molecule has 4 rings (SSSR count). The van der Waals surface area contributed by atoms with Gasteiger partial charge in [-0.2, -0.15) is 0 Å². The Balaban J connectivity index is 1.67. The molecule has 0 spiro atoms. The van der Waals surface area contributed by atoms with Crippen molar-refractivity contribution in [3.8, 4) is 0 Å². The molecule has 0 aromatic heterocycles. The average Bonchev–Trinajstić information content (AvgIpc) is 3.08. The van der Waals surface area contributed by atoms with Crippen LogP contribution in [-0.2, 0) is 4.79 Å². The summed E-state index contributed by atoms with van der Waals surface area (Å²) in [5.41, 5.74) is 4.02. The van der Waals surface area contributed by atoms with E-state index in [9.17, 15) is 4.79 Å². The van der Waals surface area contributed by atoms with E-state index in [-0.39, 0.29) is 17.3 Å². The predicted octanol–water partition coefficient (Wildman–Crippen LogP) is 7.18. The molecule has 2 aromatic rings. The fourth-order valence-electron chi connectivity index (χ4n) is 4.73. The van der Waals surface area contributed by atoms with Crippen LogP contribution in [0.3, 0.4) is 0 Å². The van der Waals surface area contributed by atoms with E-state index in [0.717, 1.165) is 36.2 Å². The summed E-state index contributed by atoms with van der Waals surface area (Å²) < 4.78 is 15.2. The number of carbonyl (C=O) groups excluding carboxylic acids is 1. The van der Waals surface area contributed by atoms with Crippen LogP contribution >= 0.6 is 23.4 Å². The molecule has 0 radical (unpaired) electrons. The molecule has 1 unspecified atom stereocenters. The summed E-state index contributed by atoms with van der Waals surface area (Å²) in [6.45, 7) is 11.5. The molecule has 2 aliphatic rings. The molecule has 1 fully saturated rings. The second-order valence-electron chi connectivity index (χ2n) is 9.37. The number of amides is 1. The third-order valence-corrected chi connectivity index (χ3v) is 7.67. The zero-order chi connectivity index (χ0) is 23.9. The Kier molecular flexibility index (Phi) is 6.61. The monoisotopic (exact) mass is 485 g/mol. The first-order chi connectivity index (χ1) is 15.6. The van der Waals surface area contributed by atoms with Crippen molar-refractivity contribution in [1.82, 2.24) is 5.32 Å². The number of thioether (sulfide) groups is 1. The van der Waals surface area contributed by atoms with Crippen LogP contribution in [0.2, 0.25) is 5.02 Å². The largest absolute Gasteiger partial charge is 0.366 e. The number of halogens is 2. The lowest BCUT2D eigenvalue weighted by Gasteiger charge is -2.47. The van der Waals surface area contributed by atoms with Crippen LogP contribution in [0, 0.1) is 12.7 Å². The lowest BCUT2D eigenvalue weighted by molar-refractivity contribution is -0.115. The summed E-state index contributed by atoms with van der Waals surface area (Å²) in [6, 6.07) is 9.01. The fraction of sp³-hybridized carbons (Fsp3) is 0.385. The number of rotatable bonds is 4. The van der Waals surface area contributed by atoms with Gasteiger partial charge in [0.1, 0.15) is 5.82 Å². The van der Waals surface area contributed by atoms with Gasteiger partial charge < -0.3 is 10.2 Å². The number of carbonyl (C=O) groups is 1. The average molecular weight is 486 g/mol. The normalized spacial score (nSPS) is 22.1. The van der Waals surface area contributed by atoms with E-state index in [2.05, 4.69) is 42.9 Å². The molecule has 174 valence electrons. The van der Waals surface area contributed by atoms with Crippen molar-refractivity contribution in [2.24, 2.45) is 4.99 Å². The van der Waals surface area contributed by atoms with Crippen molar-refractivity contribution < 1.29 is 9.18 Å². The SMILES string of the molecule is CCCN1c2cc(F)c(/C=C3/SC(=Nc4cccc(Cl)c4C)NC3=O)cc2C(C)CC1(C)C. The second-order valence-corrected chi connectivity index (χ2v) is 10.8. The molecule has 0 bridgehead atoms. The standard InChI is InChI=1S/C26H29ClFN3OS/c1-6-10-31-22-13-20(28)17(11-18(22)15(2)14-26(31,4)5)12-23-24(32)30-25(33-23)29-21-9-7-8-19(27)16(21)3/h7-9,11-13,15H,6,10,14H2,1-5H3,(H,29,30,32)/b23-12+. The Bertz CT molecular complexity index is 1170. The topological polar surface area (TPSA) is 44.7 Å². The first kappa shape index (κ1) is 23.8. The molecule has 0 aliphatic carbocycles. The lowest BCUT2D eigenvalue weighted by atomic mass is 9.79. The van der Waals surface area contributed by atoms with Gasteiger partial charge in [0.2, 0.25) is 0 Å². The number of fused-ring (bicyclic) bond motifs is 1. The van der Waals surface area contributed by atoms with Gasteiger partial charge in [0.15, 0.2) is 5.17 Å². The molecule has 2 heterocycles. The summed E-state index contributed by atoms with van der Waals surface area (Å²) in [5, 5.41) is 3.85. The van der Waals surface area contributed by atoms with Gasteiger partial charge in [-0.25, -0.2) is 9.38 Å². The summed E-state index contributed by atoms with van der Waals surface area (Å²) in [7, 11) is 0. The number of nitrogens with zero attached hydrogens (tertiary/aromatic N) is 2. The molecule has 7 heteroatoms. The van der Waals surface area contributed by atoms with E-state index >= 15 is 4.39 Å². The Morgan fingerprint density at radius 3 is 2.85 bits per heavy atom. The van der Waals surface area contributed by atoms with E-state index in [1.54, 1.807) is 18.2 Å². The number of anilines is 1. The van der Waals surface area contributed by atoms with Crippen molar-refractivity contribution >= 4 is 51.9 Å². The van der Waals surface area contributed by atoms with E-state index in [1.807, 2.05) is 25.1 Å². The number of aliphatic imine (C=N–C) groups is 1. The van der Waals surface area contributed by atoms with Crippen LogP contribution in [0.15, 0.2) is 40.2 Å².